The zero-order valence-electron chi connectivity index (χ0n) is 15.7. The molecule has 1 amide bonds. The summed E-state index contributed by atoms with van der Waals surface area (Å²) in [6.07, 6.45) is 0. The van der Waals surface area contributed by atoms with Crippen LogP contribution in [0.25, 0.3) is 10.6 Å². The van der Waals surface area contributed by atoms with Crippen LogP contribution < -0.4 is 15.7 Å². The maximum absolute atomic E-state index is 12.3. The van der Waals surface area contributed by atoms with Crippen LogP contribution in [0.3, 0.4) is 0 Å². The van der Waals surface area contributed by atoms with Gasteiger partial charge in [0.15, 0.2) is 10.3 Å². The van der Waals surface area contributed by atoms with E-state index in [1.807, 2.05) is 30.5 Å². The van der Waals surface area contributed by atoms with Crippen molar-refractivity contribution in [2.24, 2.45) is 0 Å². The summed E-state index contributed by atoms with van der Waals surface area (Å²) in [6.45, 7) is 1.87. The van der Waals surface area contributed by atoms with Gasteiger partial charge in [-0.15, -0.1) is 11.3 Å². The van der Waals surface area contributed by atoms with Gasteiger partial charge in [-0.1, -0.05) is 41.7 Å². The fourth-order valence-electron chi connectivity index (χ4n) is 2.69. The molecular formula is C21H15N4O3S2-. The Bertz CT molecular complexity index is 1200. The number of aryl methyl sites for hydroxylation is 1. The number of aromatic nitrogens is 2. The van der Waals surface area contributed by atoms with Crippen molar-refractivity contribution < 1.29 is 14.7 Å². The van der Waals surface area contributed by atoms with Crippen molar-refractivity contribution in [3.63, 3.8) is 0 Å². The van der Waals surface area contributed by atoms with Crippen LogP contribution in [0.15, 0.2) is 60.0 Å². The van der Waals surface area contributed by atoms with Crippen molar-refractivity contribution in [1.82, 2.24) is 9.97 Å². The van der Waals surface area contributed by atoms with E-state index in [1.165, 1.54) is 34.8 Å². The Morgan fingerprint density at radius 3 is 2.37 bits per heavy atom. The maximum Gasteiger partial charge on any atom is 0.257 e. The predicted molar refractivity (Wildman–Crippen MR) is 116 cm³/mol. The summed E-state index contributed by atoms with van der Waals surface area (Å²) in [7, 11) is 0. The molecule has 2 aromatic heterocycles. The van der Waals surface area contributed by atoms with Gasteiger partial charge in [0.2, 0.25) is 0 Å². The molecule has 0 saturated carbocycles. The van der Waals surface area contributed by atoms with Gasteiger partial charge in [0.25, 0.3) is 5.91 Å². The number of benzene rings is 2. The number of carbonyl (C=O) groups is 2. The molecule has 0 aliphatic rings. The zero-order valence-corrected chi connectivity index (χ0v) is 17.3. The average molecular weight is 436 g/mol. The van der Waals surface area contributed by atoms with Crippen molar-refractivity contribution in [3.05, 3.63) is 76.8 Å². The van der Waals surface area contributed by atoms with Gasteiger partial charge in [0.1, 0.15) is 0 Å². The first-order chi connectivity index (χ1) is 14.5. The molecule has 30 heavy (non-hydrogen) atoms. The van der Waals surface area contributed by atoms with Gasteiger partial charge in [-0.2, -0.15) is 0 Å². The summed E-state index contributed by atoms with van der Waals surface area (Å²) in [5, 5.41) is 19.9. The molecule has 0 spiro atoms. The monoisotopic (exact) mass is 435 g/mol. The number of aromatic carboxylic acids is 1. The molecule has 2 aromatic carbocycles. The normalized spacial score (nSPS) is 10.6. The molecule has 0 saturated heterocycles. The van der Waals surface area contributed by atoms with Crippen LogP contribution in [0.5, 0.6) is 0 Å². The van der Waals surface area contributed by atoms with Crippen molar-refractivity contribution in [2.45, 2.75) is 6.92 Å². The number of nitrogens with zero attached hydrogens (tertiary/aromatic N) is 2. The molecule has 0 radical (unpaired) electrons. The molecule has 4 aromatic rings. The minimum atomic E-state index is -1.21. The summed E-state index contributed by atoms with van der Waals surface area (Å²) in [5.41, 5.74) is 2.93. The SMILES string of the molecule is Cc1nc(NC(=O)c2ccccc2)sc1-c1csc(Nc2ccc(C(=O)[O-])cc2)n1. The van der Waals surface area contributed by atoms with Crippen LogP contribution in [0.1, 0.15) is 26.4 Å². The van der Waals surface area contributed by atoms with Crippen molar-refractivity contribution >= 4 is 50.5 Å². The standard InChI is InChI=1S/C21H16N4O3S2/c1-12-17(30-21(22-12)25-18(26)13-5-3-2-4-6-13)16-11-29-20(24-16)23-15-9-7-14(8-10-15)19(27)28/h2-11H,1H3,(H,23,24)(H,27,28)(H,22,25,26)/p-1. The lowest BCUT2D eigenvalue weighted by Gasteiger charge is -2.05. The summed E-state index contributed by atoms with van der Waals surface area (Å²) in [4.78, 5) is 33.1. The number of hydrogen-bond acceptors (Lipinski definition) is 8. The zero-order chi connectivity index (χ0) is 21.1. The van der Waals surface area contributed by atoms with E-state index >= 15 is 0 Å². The van der Waals surface area contributed by atoms with Crippen molar-refractivity contribution in [2.75, 3.05) is 10.6 Å². The first-order valence-corrected chi connectivity index (χ1v) is 10.6. The molecule has 0 atom stereocenters. The smallest absolute Gasteiger partial charge is 0.257 e. The van der Waals surface area contributed by atoms with E-state index < -0.39 is 5.97 Å². The third-order valence-corrected chi connectivity index (χ3v) is 6.01. The van der Waals surface area contributed by atoms with Crippen LogP contribution in [0.2, 0.25) is 0 Å². The second kappa shape index (κ2) is 8.44. The van der Waals surface area contributed by atoms with E-state index in [0.29, 0.717) is 15.8 Å². The molecule has 7 nitrogen and oxygen atoms in total. The highest BCUT2D eigenvalue weighted by Crippen LogP contribution is 2.35. The number of hydrogen-bond donors (Lipinski definition) is 2. The number of nitrogens with one attached hydrogen (secondary N) is 2. The van der Waals surface area contributed by atoms with Gasteiger partial charge in [-0.25, -0.2) is 9.97 Å². The van der Waals surface area contributed by atoms with Gasteiger partial charge in [0.05, 0.1) is 22.2 Å². The van der Waals surface area contributed by atoms with Crippen LogP contribution in [-0.4, -0.2) is 21.8 Å². The highest BCUT2D eigenvalue weighted by molar-refractivity contribution is 7.20. The second-order valence-corrected chi connectivity index (χ2v) is 8.14. The van der Waals surface area contributed by atoms with Gasteiger partial charge >= 0.3 is 0 Å². The van der Waals surface area contributed by atoms with Gasteiger partial charge in [-0.05, 0) is 36.8 Å². The van der Waals surface area contributed by atoms with Gasteiger partial charge < -0.3 is 15.2 Å². The number of rotatable bonds is 6. The number of carboxylic acids is 1. The Morgan fingerprint density at radius 2 is 1.67 bits per heavy atom. The van der Waals surface area contributed by atoms with E-state index in [9.17, 15) is 14.7 Å². The topological polar surface area (TPSA) is 107 Å². The average Bonchev–Trinajstić information content (AvgIpc) is 3.35. The fourth-order valence-corrected chi connectivity index (χ4v) is 4.41. The third kappa shape index (κ3) is 4.37. The van der Waals surface area contributed by atoms with E-state index in [1.54, 1.807) is 24.3 Å². The lowest BCUT2D eigenvalue weighted by Crippen LogP contribution is -2.21. The lowest BCUT2D eigenvalue weighted by molar-refractivity contribution is -0.255. The van der Waals surface area contributed by atoms with Crippen LogP contribution in [0, 0.1) is 6.92 Å². The number of carboxylic acid groups (broad SMARTS) is 1. The van der Waals surface area contributed by atoms with Crippen LogP contribution in [-0.2, 0) is 0 Å². The Morgan fingerprint density at radius 1 is 0.933 bits per heavy atom. The summed E-state index contributed by atoms with van der Waals surface area (Å²) < 4.78 is 0. The molecule has 0 fully saturated rings. The summed E-state index contributed by atoms with van der Waals surface area (Å²) >= 11 is 2.78. The molecule has 4 rings (SSSR count). The molecule has 0 aliphatic carbocycles. The molecule has 0 unspecified atom stereocenters. The summed E-state index contributed by atoms with van der Waals surface area (Å²) in [6, 6.07) is 15.2. The first-order valence-electron chi connectivity index (χ1n) is 8.88. The predicted octanol–water partition coefficient (Wildman–Crippen LogP) is 3.93. The van der Waals surface area contributed by atoms with Gasteiger partial charge in [-0.3, -0.25) is 10.1 Å². The molecule has 150 valence electrons. The molecule has 9 heteroatoms. The van der Waals surface area contributed by atoms with E-state index in [4.69, 9.17) is 0 Å². The highest BCUT2D eigenvalue weighted by Gasteiger charge is 2.15. The Balaban J connectivity index is 1.48. The molecule has 2 N–H and O–H groups in total. The Kier molecular flexibility index (Phi) is 5.55. The Labute approximate surface area is 180 Å². The Hall–Kier alpha value is -3.56. The van der Waals surface area contributed by atoms with Crippen LogP contribution in [0.4, 0.5) is 16.0 Å². The highest BCUT2D eigenvalue weighted by atomic mass is 32.1. The van der Waals surface area contributed by atoms with Crippen LogP contribution >= 0.6 is 22.7 Å². The second-order valence-electron chi connectivity index (χ2n) is 6.28. The first kappa shape index (κ1) is 19.7. The lowest BCUT2D eigenvalue weighted by atomic mass is 10.2. The largest absolute Gasteiger partial charge is 0.545 e. The van der Waals surface area contributed by atoms with E-state index in [-0.39, 0.29) is 11.5 Å². The van der Waals surface area contributed by atoms with Crippen molar-refractivity contribution in [3.8, 4) is 10.6 Å². The minimum Gasteiger partial charge on any atom is -0.545 e. The van der Waals surface area contributed by atoms with Crippen molar-refractivity contribution in [1.29, 1.82) is 0 Å². The third-order valence-electron chi connectivity index (χ3n) is 4.16. The quantitative estimate of drug-likeness (QED) is 0.475. The number of thiazole rings is 2. The van der Waals surface area contributed by atoms with E-state index in [0.717, 1.165) is 22.0 Å². The van der Waals surface area contributed by atoms with Gasteiger partial charge in [0, 0.05) is 16.6 Å². The fraction of sp³-hybridized carbons (Fsp3) is 0.0476. The number of anilines is 3. The number of carbonyl (C=O) groups excluding carboxylic acids is 2. The molecule has 0 aliphatic heterocycles. The summed E-state index contributed by atoms with van der Waals surface area (Å²) in [5.74, 6) is -1.43. The van der Waals surface area contributed by atoms with E-state index in [2.05, 4.69) is 20.6 Å². The molecule has 2 heterocycles. The maximum atomic E-state index is 12.3. The molecule has 0 bridgehead atoms. The molecular weight excluding hydrogens is 420 g/mol. The minimum absolute atomic E-state index is 0.116. The number of amides is 1.